The Morgan fingerprint density at radius 1 is 1.13 bits per heavy atom. The predicted octanol–water partition coefficient (Wildman–Crippen LogP) is 2.74. The van der Waals surface area contributed by atoms with Crippen molar-refractivity contribution in [3.05, 3.63) is 66.5 Å². The molecule has 0 fully saturated rings. The number of carbonyl (C=O) groups excluding carboxylic acids is 1. The summed E-state index contributed by atoms with van der Waals surface area (Å²) in [6.45, 7) is 2.01. The summed E-state index contributed by atoms with van der Waals surface area (Å²) in [5.41, 5.74) is 2.96. The van der Waals surface area contributed by atoms with Crippen LogP contribution in [-0.2, 0) is 4.74 Å². The topological polar surface area (TPSA) is 69.9 Å². The Bertz CT molecular complexity index is 797. The fourth-order valence-corrected chi connectivity index (χ4v) is 2.25. The molecule has 3 aromatic heterocycles. The van der Waals surface area contributed by atoms with E-state index in [0.29, 0.717) is 0 Å². The van der Waals surface area contributed by atoms with Gasteiger partial charge in [0.1, 0.15) is 0 Å². The molecular formula is C17H16N4O2. The molecule has 1 atom stereocenters. The van der Waals surface area contributed by atoms with E-state index in [-0.39, 0.29) is 11.7 Å². The van der Waals surface area contributed by atoms with Crippen LogP contribution in [0.5, 0.6) is 0 Å². The molecule has 6 heteroatoms. The summed E-state index contributed by atoms with van der Waals surface area (Å²) >= 11 is 0. The van der Waals surface area contributed by atoms with Crippen molar-refractivity contribution in [2.75, 3.05) is 7.11 Å². The van der Waals surface area contributed by atoms with Gasteiger partial charge in [-0.2, -0.15) is 0 Å². The minimum absolute atomic E-state index is 0.00573. The first-order valence-corrected chi connectivity index (χ1v) is 7.18. The highest BCUT2D eigenvalue weighted by molar-refractivity contribution is 5.86. The zero-order valence-corrected chi connectivity index (χ0v) is 12.9. The van der Waals surface area contributed by atoms with Gasteiger partial charge >= 0.3 is 5.97 Å². The second kappa shape index (κ2) is 6.39. The van der Waals surface area contributed by atoms with E-state index in [4.69, 9.17) is 0 Å². The van der Waals surface area contributed by atoms with Crippen molar-refractivity contribution in [3.8, 4) is 11.4 Å². The summed E-state index contributed by atoms with van der Waals surface area (Å²) in [6, 6.07) is 9.67. The van der Waals surface area contributed by atoms with Gasteiger partial charge < -0.3 is 9.30 Å². The molecule has 0 N–H and O–H groups in total. The van der Waals surface area contributed by atoms with E-state index in [2.05, 4.69) is 19.7 Å². The van der Waals surface area contributed by atoms with Crippen LogP contribution in [-0.4, -0.2) is 32.6 Å². The Kier molecular flexibility index (Phi) is 4.14. The standard InChI is InChI=1S/C17H16N4O2/c1-12(21-10-16(20-11-21)17(22)23-2)13-6-7-15(19-9-13)14-5-3-4-8-18-14/h3-12H,1-2H3/t12-/m1/s1. The lowest BCUT2D eigenvalue weighted by Crippen LogP contribution is -2.06. The molecule has 3 heterocycles. The molecule has 0 saturated heterocycles. The summed E-state index contributed by atoms with van der Waals surface area (Å²) in [4.78, 5) is 24.3. The van der Waals surface area contributed by atoms with E-state index in [1.807, 2.05) is 48.0 Å². The van der Waals surface area contributed by atoms with Crippen LogP contribution in [0.25, 0.3) is 11.4 Å². The van der Waals surface area contributed by atoms with Gasteiger partial charge in [-0.05, 0) is 30.7 Å². The van der Waals surface area contributed by atoms with Crippen LogP contribution in [0.4, 0.5) is 0 Å². The largest absolute Gasteiger partial charge is 0.464 e. The number of rotatable bonds is 4. The fourth-order valence-electron chi connectivity index (χ4n) is 2.25. The molecule has 0 spiro atoms. The molecule has 0 amide bonds. The van der Waals surface area contributed by atoms with Crippen molar-refractivity contribution in [1.29, 1.82) is 0 Å². The summed E-state index contributed by atoms with van der Waals surface area (Å²) in [7, 11) is 1.34. The highest BCUT2D eigenvalue weighted by Gasteiger charge is 2.14. The van der Waals surface area contributed by atoms with Crippen LogP contribution in [0.2, 0.25) is 0 Å². The maximum atomic E-state index is 11.5. The van der Waals surface area contributed by atoms with Crippen molar-refractivity contribution in [3.63, 3.8) is 0 Å². The first-order chi connectivity index (χ1) is 11.2. The lowest BCUT2D eigenvalue weighted by Gasteiger charge is -2.13. The number of imidazole rings is 1. The van der Waals surface area contributed by atoms with Gasteiger partial charge in [-0.1, -0.05) is 12.1 Å². The maximum Gasteiger partial charge on any atom is 0.358 e. The van der Waals surface area contributed by atoms with Crippen molar-refractivity contribution in [2.45, 2.75) is 13.0 Å². The normalized spacial score (nSPS) is 11.9. The van der Waals surface area contributed by atoms with Crippen LogP contribution in [0.3, 0.4) is 0 Å². The average molecular weight is 308 g/mol. The van der Waals surface area contributed by atoms with Crippen LogP contribution in [0.15, 0.2) is 55.2 Å². The van der Waals surface area contributed by atoms with Crippen molar-refractivity contribution in [1.82, 2.24) is 19.5 Å². The SMILES string of the molecule is COC(=O)c1cn([C@H](C)c2ccc(-c3ccccn3)nc2)cn1. The molecule has 116 valence electrons. The van der Waals surface area contributed by atoms with Crippen LogP contribution in [0.1, 0.15) is 29.0 Å². The van der Waals surface area contributed by atoms with Crippen LogP contribution in [0, 0.1) is 0 Å². The van der Waals surface area contributed by atoms with Gasteiger partial charge in [0, 0.05) is 18.6 Å². The predicted molar refractivity (Wildman–Crippen MR) is 84.8 cm³/mol. The van der Waals surface area contributed by atoms with Gasteiger partial charge in [-0.3, -0.25) is 9.97 Å². The van der Waals surface area contributed by atoms with Gasteiger partial charge in [0.05, 0.1) is 30.9 Å². The number of carbonyl (C=O) groups is 1. The van der Waals surface area contributed by atoms with E-state index >= 15 is 0 Å². The van der Waals surface area contributed by atoms with E-state index in [9.17, 15) is 4.79 Å². The van der Waals surface area contributed by atoms with Crippen LogP contribution < -0.4 is 0 Å². The fraction of sp³-hybridized carbons (Fsp3) is 0.176. The number of esters is 1. The lowest BCUT2D eigenvalue weighted by atomic mass is 10.1. The van der Waals surface area contributed by atoms with E-state index in [1.165, 1.54) is 7.11 Å². The molecule has 23 heavy (non-hydrogen) atoms. The zero-order chi connectivity index (χ0) is 16.2. The molecule has 0 aromatic carbocycles. The summed E-state index contributed by atoms with van der Waals surface area (Å²) in [5.74, 6) is -0.445. The highest BCUT2D eigenvalue weighted by atomic mass is 16.5. The lowest BCUT2D eigenvalue weighted by molar-refractivity contribution is 0.0594. The molecule has 3 aromatic rings. The summed E-state index contributed by atoms with van der Waals surface area (Å²) in [5, 5.41) is 0. The number of hydrogen-bond acceptors (Lipinski definition) is 5. The average Bonchev–Trinajstić information content (AvgIpc) is 3.11. The van der Waals surface area contributed by atoms with E-state index in [1.54, 1.807) is 18.7 Å². The Labute approximate surface area is 133 Å². The number of ether oxygens (including phenoxy) is 1. The van der Waals surface area contributed by atoms with Gasteiger partial charge in [0.25, 0.3) is 0 Å². The van der Waals surface area contributed by atoms with Gasteiger partial charge in [0.2, 0.25) is 0 Å². The molecule has 0 aliphatic carbocycles. The number of aromatic nitrogens is 4. The maximum absolute atomic E-state index is 11.5. The summed E-state index contributed by atoms with van der Waals surface area (Å²) in [6.07, 6.45) is 6.84. The quantitative estimate of drug-likeness (QED) is 0.693. The number of pyridine rings is 2. The Balaban J connectivity index is 1.81. The minimum Gasteiger partial charge on any atom is -0.464 e. The molecule has 0 bridgehead atoms. The van der Waals surface area contributed by atoms with Crippen LogP contribution >= 0.6 is 0 Å². The Morgan fingerprint density at radius 2 is 1.96 bits per heavy atom. The first kappa shape index (κ1) is 14.9. The molecule has 0 aliphatic heterocycles. The molecular weight excluding hydrogens is 292 g/mol. The van der Waals surface area contributed by atoms with Crippen molar-refractivity contribution in [2.24, 2.45) is 0 Å². The molecule has 6 nitrogen and oxygen atoms in total. The Morgan fingerprint density at radius 3 is 2.61 bits per heavy atom. The minimum atomic E-state index is -0.445. The third-order valence-electron chi connectivity index (χ3n) is 3.64. The van der Waals surface area contributed by atoms with E-state index < -0.39 is 5.97 Å². The smallest absolute Gasteiger partial charge is 0.358 e. The van der Waals surface area contributed by atoms with Crippen molar-refractivity contribution < 1.29 is 9.53 Å². The Hall–Kier alpha value is -3.02. The molecule has 3 rings (SSSR count). The molecule has 0 aliphatic rings. The molecule has 0 unspecified atom stereocenters. The second-order valence-corrected chi connectivity index (χ2v) is 5.07. The molecule has 0 radical (unpaired) electrons. The van der Waals surface area contributed by atoms with Gasteiger partial charge in [-0.25, -0.2) is 9.78 Å². The second-order valence-electron chi connectivity index (χ2n) is 5.07. The van der Waals surface area contributed by atoms with Gasteiger partial charge in [0.15, 0.2) is 5.69 Å². The van der Waals surface area contributed by atoms with Crippen molar-refractivity contribution >= 4 is 5.97 Å². The molecule has 0 saturated carbocycles. The zero-order valence-electron chi connectivity index (χ0n) is 12.9. The van der Waals surface area contributed by atoms with Gasteiger partial charge in [-0.15, -0.1) is 0 Å². The first-order valence-electron chi connectivity index (χ1n) is 7.18. The highest BCUT2D eigenvalue weighted by Crippen LogP contribution is 2.20. The monoisotopic (exact) mass is 308 g/mol. The number of methoxy groups -OCH3 is 1. The number of hydrogen-bond donors (Lipinski definition) is 0. The summed E-state index contributed by atoms with van der Waals surface area (Å²) < 4.78 is 6.52. The third kappa shape index (κ3) is 3.11. The third-order valence-corrected chi connectivity index (χ3v) is 3.64. The van der Waals surface area contributed by atoms with E-state index in [0.717, 1.165) is 17.0 Å². The number of nitrogens with zero attached hydrogens (tertiary/aromatic N) is 4.